The van der Waals surface area contributed by atoms with E-state index in [4.69, 9.17) is 19.0 Å². The SMILES string of the molecule is CCc1oc2cc(OCC(=O)O)ccc2c(=O)c1Oc1cc(C)cc(C)c1. The summed E-state index contributed by atoms with van der Waals surface area (Å²) < 4.78 is 16.9. The molecule has 0 unspecified atom stereocenters. The predicted octanol–water partition coefficient (Wildman–Crippen LogP) is 4.23. The van der Waals surface area contributed by atoms with Gasteiger partial charge in [-0.3, -0.25) is 4.79 Å². The fourth-order valence-corrected chi connectivity index (χ4v) is 2.88. The molecule has 0 saturated heterocycles. The van der Waals surface area contributed by atoms with Gasteiger partial charge in [0.05, 0.1) is 5.39 Å². The van der Waals surface area contributed by atoms with Gasteiger partial charge in [0.1, 0.15) is 17.1 Å². The van der Waals surface area contributed by atoms with Crippen LogP contribution in [0.4, 0.5) is 0 Å². The highest BCUT2D eigenvalue weighted by Crippen LogP contribution is 2.29. The van der Waals surface area contributed by atoms with Crippen molar-refractivity contribution in [1.82, 2.24) is 0 Å². The predicted molar refractivity (Wildman–Crippen MR) is 101 cm³/mol. The molecule has 140 valence electrons. The van der Waals surface area contributed by atoms with Gasteiger partial charge in [-0.05, 0) is 49.2 Å². The van der Waals surface area contributed by atoms with Gasteiger partial charge in [0.2, 0.25) is 11.2 Å². The minimum absolute atomic E-state index is 0.161. The Balaban J connectivity index is 2.05. The third-order valence-corrected chi connectivity index (χ3v) is 3.99. The molecular weight excluding hydrogens is 348 g/mol. The number of fused-ring (bicyclic) bond motifs is 1. The molecule has 6 heteroatoms. The number of aryl methyl sites for hydroxylation is 3. The van der Waals surface area contributed by atoms with Gasteiger partial charge in [-0.1, -0.05) is 13.0 Å². The summed E-state index contributed by atoms with van der Waals surface area (Å²) in [6.45, 7) is 5.32. The van der Waals surface area contributed by atoms with Crippen LogP contribution >= 0.6 is 0 Å². The van der Waals surface area contributed by atoms with Gasteiger partial charge in [-0.15, -0.1) is 0 Å². The molecule has 0 bridgehead atoms. The Hall–Kier alpha value is -3.28. The van der Waals surface area contributed by atoms with Crippen molar-refractivity contribution in [2.24, 2.45) is 0 Å². The van der Waals surface area contributed by atoms with Crippen molar-refractivity contribution in [2.75, 3.05) is 6.61 Å². The van der Waals surface area contributed by atoms with E-state index in [1.54, 1.807) is 6.07 Å². The number of carboxylic acid groups (broad SMARTS) is 1. The Bertz CT molecular complexity index is 1040. The fourth-order valence-electron chi connectivity index (χ4n) is 2.88. The average Bonchev–Trinajstić information content (AvgIpc) is 2.61. The number of hydrogen-bond donors (Lipinski definition) is 1. The molecule has 0 saturated carbocycles. The van der Waals surface area contributed by atoms with Gasteiger partial charge >= 0.3 is 5.97 Å². The van der Waals surface area contributed by atoms with Crippen molar-refractivity contribution >= 4 is 16.9 Å². The lowest BCUT2D eigenvalue weighted by Gasteiger charge is -2.12. The Morgan fingerprint density at radius 1 is 1.07 bits per heavy atom. The van der Waals surface area contributed by atoms with E-state index in [0.717, 1.165) is 11.1 Å². The summed E-state index contributed by atoms with van der Waals surface area (Å²) in [5.74, 6) is 0.396. The lowest BCUT2D eigenvalue weighted by molar-refractivity contribution is -0.139. The standard InChI is InChI=1S/C21H20O6/c1-4-17-21(26-15-8-12(2)7-13(3)9-15)20(24)16-6-5-14(10-18(16)27-17)25-11-19(22)23/h5-10H,4,11H2,1-3H3,(H,22,23). The largest absolute Gasteiger partial charge is 0.482 e. The maximum atomic E-state index is 12.9. The summed E-state index contributed by atoms with van der Waals surface area (Å²) in [6.07, 6.45) is 0.464. The van der Waals surface area contributed by atoms with Gasteiger partial charge in [0.25, 0.3) is 0 Å². The summed E-state index contributed by atoms with van der Waals surface area (Å²) in [5.41, 5.74) is 2.12. The molecule has 1 aromatic heterocycles. The minimum atomic E-state index is -1.08. The van der Waals surface area contributed by atoms with Gasteiger partial charge < -0.3 is 19.0 Å². The van der Waals surface area contributed by atoms with E-state index in [1.807, 2.05) is 39.0 Å². The first kappa shape index (κ1) is 18.5. The summed E-state index contributed by atoms with van der Waals surface area (Å²) in [6, 6.07) is 10.3. The zero-order valence-electron chi connectivity index (χ0n) is 15.4. The molecule has 2 aromatic carbocycles. The second kappa shape index (κ2) is 7.53. The number of rotatable bonds is 6. The maximum Gasteiger partial charge on any atom is 0.341 e. The van der Waals surface area contributed by atoms with Crippen LogP contribution in [0, 0.1) is 13.8 Å². The van der Waals surface area contributed by atoms with Crippen LogP contribution in [-0.4, -0.2) is 17.7 Å². The van der Waals surface area contributed by atoms with Gasteiger partial charge in [-0.25, -0.2) is 4.79 Å². The molecule has 1 heterocycles. The van der Waals surface area contributed by atoms with E-state index in [2.05, 4.69) is 0 Å². The summed E-state index contributed by atoms with van der Waals surface area (Å²) >= 11 is 0. The van der Waals surface area contributed by atoms with Crippen LogP contribution in [0.2, 0.25) is 0 Å². The minimum Gasteiger partial charge on any atom is -0.482 e. The molecule has 0 spiro atoms. The van der Waals surface area contributed by atoms with E-state index < -0.39 is 12.6 Å². The number of benzene rings is 2. The van der Waals surface area contributed by atoms with Crippen LogP contribution in [0.25, 0.3) is 11.0 Å². The highest BCUT2D eigenvalue weighted by atomic mass is 16.5. The van der Waals surface area contributed by atoms with Crippen LogP contribution in [0.15, 0.2) is 45.6 Å². The van der Waals surface area contributed by atoms with E-state index in [9.17, 15) is 9.59 Å². The van der Waals surface area contributed by atoms with Crippen molar-refractivity contribution in [3.63, 3.8) is 0 Å². The van der Waals surface area contributed by atoms with Crippen LogP contribution in [0.5, 0.6) is 17.2 Å². The molecule has 0 atom stereocenters. The zero-order valence-corrected chi connectivity index (χ0v) is 15.4. The highest BCUT2D eigenvalue weighted by Gasteiger charge is 2.17. The molecule has 0 amide bonds. The molecule has 0 aliphatic rings. The van der Waals surface area contributed by atoms with E-state index in [0.29, 0.717) is 34.6 Å². The molecule has 3 rings (SSSR count). The first-order valence-corrected chi connectivity index (χ1v) is 8.58. The lowest BCUT2D eigenvalue weighted by Crippen LogP contribution is -2.11. The number of hydrogen-bond acceptors (Lipinski definition) is 5. The number of ether oxygens (including phenoxy) is 2. The Morgan fingerprint density at radius 3 is 2.41 bits per heavy atom. The molecule has 1 N–H and O–H groups in total. The molecule has 0 aliphatic carbocycles. The van der Waals surface area contributed by atoms with E-state index in [-0.39, 0.29) is 11.2 Å². The average molecular weight is 368 g/mol. The number of carbonyl (C=O) groups is 1. The van der Waals surface area contributed by atoms with Gasteiger partial charge in [-0.2, -0.15) is 0 Å². The molecule has 6 nitrogen and oxygen atoms in total. The van der Waals surface area contributed by atoms with Gasteiger partial charge in [0.15, 0.2) is 12.4 Å². The first-order chi connectivity index (χ1) is 12.9. The van der Waals surface area contributed by atoms with Crippen LogP contribution < -0.4 is 14.9 Å². The Labute approximate surface area is 156 Å². The quantitative estimate of drug-likeness (QED) is 0.701. The lowest BCUT2D eigenvalue weighted by atomic mass is 10.1. The van der Waals surface area contributed by atoms with E-state index in [1.165, 1.54) is 12.1 Å². The summed E-state index contributed by atoms with van der Waals surface area (Å²) in [7, 11) is 0. The molecule has 0 fully saturated rings. The van der Waals surface area contributed by atoms with Crippen molar-refractivity contribution in [3.05, 3.63) is 63.5 Å². The van der Waals surface area contributed by atoms with Gasteiger partial charge in [0, 0.05) is 12.5 Å². The monoisotopic (exact) mass is 368 g/mol. The van der Waals surface area contributed by atoms with Crippen LogP contribution in [0.3, 0.4) is 0 Å². The van der Waals surface area contributed by atoms with Crippen molar-refractivity contribution < 1.29 is 23.8 Å². The van der Waals surface area contributed by atoms with E-state index >= 15 is 0 Å². The zero-order chi connectivity index (χ0) is 19.6. The summed E-state index contributed by atoms with van der Waals surface area (Å²) in [5, 5.41) is 9.06. The first-order valence-electron chi connectivity index (χ1n) is 8.58. The second-order valence-electron chi connectivity index (χ2n) is 6.30. The maximum absolute atomic E-state index is 12.9. The molecular formula is C21H20O6. The van der Waals surface area contributed by atoms with Crippen molar-refractivity contribution in [3.8, 4) is 17.2 Å². The number of carboxylic acids is 1. The molecule has 0 aliphatic heterocycles. The normalized spacial score (nSPS) is 10.8. The van der Waals surface area contributed by atoms with Crippen LogP contribution in [0.1, 0.15) is 23.8 Å². The third kappa shape index (κ3) is 4.11. The third-order valence-electron chi connectivity index (χ3n) is 3.99. The van der Waals surface area contributed by atoms with Crippen molar-refractivity contribution in [1.29, 1.82) is 0 Å². The van der Waals surface area contributed by atoms with Crippen molar-refractivity contribution in [2.45, 2.75) is 27.2 Å². The molecule has 3 aromatic rings. The number of aliphatic carboxylic acids is 1. The Kier molecular flexibility index (Phi) is 5.16. The summed E-state index contributed by atoms with van der Waals surface area (Å²) in [4.78, 5) is 23.6. The highest BCUT2D eigenvalue weighted by molar-refractivity contribution is 5.80. The van der Waals surface area contributed by atoms with Crippen LogP contribution in [-0.2, 0) is 11.2 Å². The second-order valence-corrected chi connectivity index (χ2v) is 6.30. The topological polar surface area (TPSA) is 86.0 Å². The smallest absolute Gasteiger partial charge is 0.341 e. The fraction of sp³-hybridized carbons (Fsp3) is 0.238. The molecule has 27 heavy (non-hydrogen) atoms. The molecule has 0 radical (unpaired) electrons. The Morgan fingerprint density at radius 2 is 1.78 bits per heavy atom.